The van der Waals surface area contributed by atoms with E-state index in [0.29, 0.717) is 6.54 Å². The fourth-order valence-electron chi connectivity index (χ4n) is 3.19. The zero-order chi connectivity index (χ0) is 16.2. The quantitative estimate of drug-likeness (QED) is 0.805. The van der Waals surface area contributed by atoms with Gasteiger partial charge in [-0.2, -0.15) is 0 Å². The molecule has 0 bridgehead atoms. The van der Waals surface area contributed by atoms with Crippen LogP contribution in [0.1, 0.15) is 24.8 Å². The number of rotatable bonds is 5. The number of nitrogens with zero attached hydrogens (tertiary/aromatic N) is 3. The molecular weight excluding hydrogens is 296 g/mol. The first-order valence-electron chi connectivity index (χ1n) is 7.91. The number of urea groups is 1. The minimum absolute atomic E-state index is 0.0163. The summed E-state index contributed by atoms with van der Waals surface area (Å²) in [6.45, 7) is 0.525. The van der Waals surface area contributed by atoms with Crippen LogP contribution < -0.4 is 5.32 Å². The highest BCUT2D eigenvalue weighted by atomic mass is 16.2. The van der Waals surface area contributed by atoms with Gasteiger partial charge in [0.15, 0.2) is 0 Å². The molecule has 0 aliphatic carbocycles. The summed E-state index contributed by atoms with van der Waals surface area (Å²) in [6.07, 6.45) is 7.24. The molecule has 1 aromatic rings. The monoisotopic (exact) mass is 316 g/mol. The van der Waals surface area contributed by atoms with Crippen LogP contribution in [0.5, 0.6) is 0 Å². The van der Waals surface area contributed by atoms with Gasteiger partial charge in [-0.05, 0) is 43.4 Å². The number of pyridine rings is 1. The van der Waals surface area contributed by atoms with Crippen molar-refractivity contribution in [2.75, 3.05) is 19.6 Å². The molecule has 23 heavy (non-hydrogen) atoms. The molecule has 3 rings (SSSR count). The molecule has 1 atom stereocenters. The maximum absolute atomic E-state index is 12.5. The Labute approximate surface area is 134 Å². The lowest BCUT2D eigenvalue weighted by molar-refractivity contribution is -0.137. The minimum Gasteiger partial charge on any atom is -0.338 e. The van der Waals surface area contributed by atoms with Crippen molar-refractivity contribution < 1.29 is 14.4 Å². The van der Waals surface area contributed by atoms with Crippen molar-refractivity contribution in [3.8, 4) is 0 Å². The highest BCUT2D eigenvalue weighted by molar-refractivity contribution is 6.04. The molecule has 2 fully saturated rings. The fourth-order valence-corrected chi connectivity index (χ4v) is 3.19. The standard InChI is InChI=1S/C16H20N4O3/c21-14-10-18-16(23)20(14)11-15(22)19-9-1-2-13(19)4-3-12-5-7-17-8-6-12/h5-8,13H,1-4,9-11H2,(H,18,23). The molecule has 3 heterocycles. The van der Waals surface area contributed by atoms with Crippen LogP contribution in [0.2, 0.25) is 0 Å². The van der Waals surface area contributed by atoms with Crippen molar-refractivity contribution in [2.24, 2.45) is 0 Å². The van der Waals surface area contributed by atoms with Gasteiger partial charge in [0.25, 0.3) is 5.91 Å². The second kappa shape index (κ2) is 6.76. The lowest BCUT2D eigenvalue weighted by Gasteiger charge is -2.26. The van der Waals surface area contributed by atoms with E-state index in [0.717, 1.165) is 30.6 Å². The van der Waals surface area contributed by atoms with Gasteiger partial charge in [0.05, 0.1) is 6.54 Å². The highest BCUT2D eigenvalue weighted by Gasteiger charge is 2.34. The van der Waals surface area contributed by atoms with Crippen LogP contribution in [0.15, 0.2) is 24.5 Å². The predicted molar refractivity (Wildman–Crippen MR) is 82.4 cm³/mol. The molecule has 122 valence electrons. The average molecular weight is 316 g/mol. The van der Waals surface area contributed by atoms with Crippen molar-refractivity contribution in [1.29, 1.82) is 0 Å². The Hall–Kier alpha value is -2.44. The molecule has 0 aromatic carbocycles. The third kappa shape index (κ3) is 3.49. The smallest absolute Gasteiger partial charge is 0.325 e. The highest BCUT2D eigenvalue weighted by Crippen LogP contribution is 2.22. The van der Waals surface area contributed by atoms with Gasteiger partial charge >= 0.3 is 6.03 Å². The molecule has 0 radical (unpaired) electrons. The maximum Gasteiger partial charge on any atom is 0.325 e. The summed E-state index contributed by atoms with van der Waals surface area (Å²) in [5, 5.41) is 2.43. The van der Waals surface area contributed by atoms with Crippen LogP contribution in [0.4, 0.5) is 4.79 Å². The van der Waals surface area contributed by atoms with Crippen molar-refractivity contribution in [3.63, 3.8) is 0 Å². The number of hydrogen-bond donors (Lipinski definition) is 1. The normalized spacial score (nSPS) is 21.0. The Morgan fingerprint density at radius 3 is 2.78 bits per heavy atom. The van der Waals surface area contributed by atoms with Gasteiger partial charge < -0.3 is 10.2 Å². The van der Waals surface area contributed by atoms with E-state index in [1.54, 1.807) is 12.4 Å². The summed E-state index contributed by atoms with van der Waals surface area (Å²) in [5.74, 6) is -0.483. The number of likely N-dealkylation sites (tertiary alicyclic amines) is 1. The molecular formula is C16H20N4O3. The first-order valence-corrected chi connectivity index (χ1v) is 7.91. The van der Waals surface area contributed by atoms with Crippen molar-refractivity contribution in [1.82, 2.24) is 20.1 Å². The van der Waals surface area contributed by atoms with E-state index < -0.39 is 6.03 Å². The third-order valence-corrected chi connectivity index (χ3v) is 4.44. The maximum atomic E-state index is 12.5. The minimum atomic E-state index is -0.476. The Morgan fingerprint density at radius 2 is 2.09 bits per heavy atom. The van der Waals surface area contributed by atoms with E-state index in [1.807, 2.05) is 17.0 Å². The predicted octanol–water partition coefficient (Wildman–Crippen LogP) is 0.557. The first-order chi connectivity index (χ1) is 11.1. The van der Waals surface area contributed by atoms with E-state index in [-0.39, 0.29) is 30.9 Å². The van der Waals surface area contributed by atoms with E-state index in [4.69, 9.17) is 0 Å². The van der Waals surface area contributed by atoms with E-state index in [9.17, 15) is 14.4 Å². The number of carbonyl (C=O) groups is 3. The molecule has 2 aliphatic heterocycles. The summed E-state index contributed by atoms with van der Waals surface area (Å²) in [6, 6.07) is 3.66. The van der Waals surface area contributed by atoms with Gasteiger partial charge in [0, 0.05) is 25.0 Å². The number of amides is 4. The van der Waals surface area contributed by atoms with Crippen molar-refractivity contribution in [2.45, 2.75) is 31.7 Å². The number of aryl methyl sites for hydroxylation is 1. The SMILES string of the molecule is O=C1CNC(=O)N1CC(=O)N1CCCC1CCc1ccncc1. The molecule has 0 spiro atoms. The molecule has 7 nitrogen and oxygen atoms in total. The van der Waals surface area contributed by atoms with Gasteiger partial charge in [-0.1, -0.05) is 0 Å². The van der Waals surface area contributed by atoms with Crippen LogP contribution in [-0.4, -0.2) is 58.3 Å². The first kappa shape index (κ1) is 15.5. The number of nitrogens with one attached hydrogen (secondary N) is 1. The summed E-state index contributed by atoms with van der Waals surface area (Å²) in [5.41, 5.74) is 1.20. The number of carbonyl (C=O) groups excluding carboxylic acids is 3. The van der Waals surface area contributed by atoms with Crippen LogP contribution in [0.3, 0.4) is 0 Å². The molecule has 0 saturated carbocycles. The molecule has 4 amide bonds. The molecule has 2 saturated heterocycles. The molecule has 1 aromatic heterocycles. The zero-order valence-corrected chi connectivity index (χ0v) is 12.9. The van der Waals surface area contributed by atoms with E-state index in [2.05, 4.69) is 10.3 Å². The summed E-state index contributed by atoms with van der Waals surface area (Å²) in [7, 11) is 0. The second-order valence-electron chi connectivity index (χ2n) is 5.92. The van der Waals surface area contributed by atoms with Gasteiger partial charge in [-0.15, -0.1) is 0 Å². The van der Waals surface area contributed by atoms with Gasteiger partial charge in [0.1, 0.15) is 6.54 Å². The second-order valence-corrected chi connectivity index (χ2v) is 5.92. The third-order valence-electron chi connectivity index (χ3n) is 4.44. The van der Waals surface area contributed by atoms with E-state index >= 15 is 0 Å². The lowest BCUT2D eigenvalue weighted by atomic mass is 10.0. The Kier molecular flexibility index (Phi) is 4.55. The topological polar surface area (TPSA) is 82.6 Å². The summed E-state index contributed by atoms with van der Waals surface area (Å²) < 4.78 is 0. The molecule has 2 aliphatic rings. The Balaban J connectivity index is 1.56. The Morgan fingerprint density at radius 1 is 1.30 bits per heavy atom. The van der Waals surface area contributed by atoms with Gasteiger partial charge in [0.2, 0.25) is 5.91 Å². The zero-order valence-electron chi connectivity index (χ0n) is 12.9. The number of aromatic nitrogens is 1. The van der Waals surface area contributed by atoms with Gasteiger partial charge in [-0.25, -0.2) is 4.79 Å². The molecule has 1 N–H and O–H groups in total. The molecule has 1 unspecified atom stereocenters. The van der Waals surface area contributed by atoms with Crippen molar-refractivity contribution in [3.05, 3.63) is 30.1 Å². The summed E-state index contributed by atoms with van der Waals surface area (Å²) >= 11 is 0. The van der Waals surface area contributed by atoms with E-state index in [1.165, 1.54) is 5.56 Å². The fraction of sp³-hybridized carbons (Fsp3) is 0.500. The largest absolute Gasteiger partial charge is 0.338 e. The van der Waals surface area contributed by atoms with Crippen molar-refractivity contribution >= 4 is 17.8 Å². The Bertz CT molecular complexity index is 589. The number of hydrogen-bond acceptors (Lipinski definition) is 4. The number of imide groups is 1. The van der Waals surface area contributed by atoms with Crippen LogP contribution in [-0.2, 0) is 16.0 Å². The lowest BCUT2D eigenvalue weighted by Crippen LogP contribution is -2.45. The van der Waals surface area contributed by atoms with Crippen LogP contribution >= 0.6 is 0 Å². The molecule has 7 heteroatoms. The average Bonchev–Trinajstić information content (AvgIpc) is 3.15. The summed E-state index contributed by atoms with van der Waals surface area (Å²) in [4.78, 5) is 42.4. The van der Waals surface area contributed by atoms with Gasteiger partial charge in [-0.3, -0.25) is 19.5 Å². The van der Waals surface area contributed by atoms with Crippen LogP contribution in [0.25, 0.3) is 0 Å². The van der Waals surface area contributed by atoms with Crippen LogP contribution in [0, 0.1) is 0 Å².